The lowest BCUT2D eigenvalue weighted by Gasteiger charge is -2.17. The van der Waals surface area contributed by atoms with Crippen molar-refractivity contribution in [2.75, 3.05) is 19.8 Å². The Morgan fingerprint density at radius 2 is 2.05 bits per heavy atom. The highest BCUT2D eigenvalue weighted by Crippen LogP contribution is 2.29. The highest BCUT2D eigenvalue weighted by molar-refractivity contribution is 9.10. The molecular weight excluding hydrogens is 322 g/mol. The average molecular weight is 346 g/mol. The van der Waals surface area contributed by atoms with Gasteiger partial charge < -0.3 is 19.9 Å². The first kappa shape index (κ1) is 17.4. The summed E-state index contributed by atoms with van der Waals surface area (Å²) in [7, 11) is 0. The molecule has 114 valence electrons. The molecule has 20 heavy (non-hydrogen) atoms. The van der Waals surface area contributed by atoms with E-state index in [1.807, 2.05) is 25.1 Å². The van der Waals surface area contributed by atoms with Gasteiger partial charge in [0.05, 0.1) is 11.1 Å². The molecule has 1 atom stereocenters. The molecule has 0 bridgehead atoms. The van der Waals surface area contributed by atoms with Gasteiger partial charge in [0.25, 0.3) is 0 Å². The van der Waals surface area contributed by atoms with E-state index in [1.165, 1.54) is 0 Å². The van der Waals surface area contributed by atoms with Gasteiger partial charge in [0.15, 0.2) is 0 Å². The monoisotopic (exact) mass is 345 g/mol. The molecule has 1 aromatic carbocycles. The Hall–Kier alpha value is -0.620. The van der Waals surface area contributed by atoms with Crippen molar-refractivity contribution in [3.05, 3.63) is 28.2 Å². The van der Waals surface area contributed by atoms with Crippen LogP contribution < -0.4 is 10.1 Å². The van der Waals surface area contributed by atoms with Crippen LogP contribution >= 0.6 is 15.9 Å². The summed E-state index contributed by atoms with van der Waals surface area (Å²) < 4.78 is 11.8. The summed E-state index contributed by atoms with van der Waals surface area (Å²) in [6, 6.07) is 6.34. The third-order valence-corrected chi connectivity index (χ3v) is 3.31. The Balaban J connectivity index is 2.62. The quantitative estimate of drug-likeness (QED) is 0.722. The van der Waals surface area contributed by atoms with Crippen LogP contribution in [0.5, 0.6) is 5.75 Å². The zero-order chi connectivity index (χ0) is 15.0. The Morgan fingerprint density at radius 3 is 2.70 bits per heavy atom. The van der Waals surface area contributed by atoms with Crippen molar-refractivity contribution in [1.29, 1.82) is 0 Å². The van der Waals surface area contributed by atoms with E-state index in [2.05, 4.69) is 35.1 Å². The van der Waals surface area contributed by atoms with E-state index in [9.17, 15) is 5.11 Å². The van der Waals surface area contributed by atoms with E-state index >= 15 is 0 Å². The van der Waals surface area contributed by atoms with Crippen molar-refractivity contribution in [3.8, 4) is 5.75 Å². The number of rotatable bonds is 9. The van der Waals surface area contributed by atoms with E-state index < -0.39 is 6.10 Å². The van der Waals surface area contributed by atoms with Crippen molar-refractivity contribution < 1.29 is 14.6 Å². The number of hydrogen-bond acceptors (Lipinski definition) is 4. The molecule has 1 unspecified atom stereocenters. The summed E-state index contributed by atoms with van der Waals surface area (Å²) in [5, 5.41) is 13.1. The van der Waals surface area contributed by atoms with Crippen LogP contribution in [-0.4, -0.2) is 37.1 Å². The van der Waals surface area contributed by atoms with Crippen molar-refractivity contribution in [2.24, 2.45) is 0 Å². The number of aliphatic hydroxyl groups is 1. The molecule has 0 aliphatic heterocycles. The molecule has 0 heterocycles. The summed E-state index contributed by atoms with van der Waals surface area (Å²) in [4.78, 5) is 0. The zero-order valence-corrected chi connectivity index (χ0v) is 13.9. The van der Waals surface area contributed by atoms with E-state index in [0.29, 0.717) is 19.3 Å². The average Bonchev–Trinajstić information content (AvgIpc) is 2.41. The van der Waals surface area contributed by atoms with Gasteiger partial charge in [-0.05, 0) is 28.9 Å². The Morgan fingerprint density at radius 1 is 1.30 bits per heavy atom. The van der Waals surface area contributed by atoms with Crippen LogP contribution in [0.15, 0.2) is 22.7 Å². The highest BCUT2D eigenvalue weighted by atomic mass is 79.9. The van der Waals surface area contributed by atoms with Crippen molar-refractivity contribution in [2.45, 2.75) is 39.5 Å². The van der Waals surface area contributed by atoms with Gasteiger partial charge in [-0.25, -0.2) is 0 Å². The Bertz CT molecular complexity index is 399. The van der Waals surface area contributed by atoms with Crippen molar-refractivity contribution in [1.82, 2.24) is 5.32 Å². The summed E-state index contributed by atoms with van der Waals surface area (Å²) in [6.07, 6.45) is -0.618. The lowest BCUT2D eigenvalue weighted by molar-refractivity contribution is 0.0161. The maximum absolute atomic E-state index is 9.76. The van der Waals surface area contributed by atoms with Gasteiger partial charge in [0.1, 0.15) is 18.5 Å². The molecule has 0 fully saturated rings. The maximum atomic E-state index is 9.76. The summed E-state index contributed by atoms with van der Waals surface area (Å²) in [6.45, 7) is 7.94. The second kappa shape index (κ2) is 9.34. The first-order valence-corrected chi connectivity index (χ1v) is 7.73. The number of hydrogen-bond donors (Lipinski definition) is 2. The first-order chi connectivity index (χ1) is 9.54. The fraction of sp³-hybridized carbons (Fsp3) is 0.600. The molecule has 4 nitrogen and oxygen atoms in total. The van der Waals surface area contributed by atoms with E-state index in [1.54, 1.807) is 0 Å². The number of benzene rings is 1. The lowest BCUT2D eigenvalue weighted by Crippen LogP contribution is -2.25. The molecule has 0 aliphatic rings. The van der Waals surface area contributed by atoms with E-state index in [4.69, 9.17) is 9.47 Å². The fourth-order valence-electron chi connectivity index (χ4n) is 1.65. The summed E-state index contributed by atoms with van der Waals surface area (Å²) >= 11 is 3.49. The Labute approximate surface area is 129 Å². The van der Waals surface area contributed by atoms with Crippen molar-refractivity contribution in [3.63, 3.8) is 0 Å². The number of ether oxygens (including phenoxy) is 2. The van der Waals surface area contributed by atoms with Crippen LogP contribution in [0.2, 0.25) is 0 Å². The highest BCUT2D eigenvalue weighted by Gasteiger charge is 2.11. The molecule has 0 spiro atoms. The largest absolute Gasteiger partial charge is 0.489 e. The Kier molecular flexibility index (Phi) is 8.14. The molecule has 5 heteroatoms. The standard InChI is InChI=1S/C15H24BrNO3/c1-4-19-9-13(18)10-20-15-12(8-17-11(2)3)6-5-7-14(15)16/h5-7,11,13,17-18H,4,8-10H2,1-3H3. The van der Waals surface area contributed by atoms with Gasteiger partial charge in [0.2, 0.25) is 0 Å². The number of aliphatic hydroxyl groups excluding tert-OH is 1. The molecule has 0 aromatic heterocycles. The number of para-hydroxylation sites is 1. The number of halogens is 1. The normalized spacial score (nSPS) is 12.7. The zero-order valence-electron chi connectivity index (χ0n) is 12.4. The van der Waals surface area contributed by atoms with Crippen LogP contribution in [0, 0.1) is 0 Å². The minimum absolute atomic E-state index is 0.220. The summed E-state index contributed by atoms with van der Waals surface area (Å²) in [5.41, 5.74) is 1.07. The predicted octanol–water partition coefficient (Wildman–Crippen LogP) is 2.72. The second-order valence-corrected chi connectivity index (χ2v) is 5.74. The van der Waals surface area contributed by atoms with Gasteiger partial charge in [0, 0.05) is 24.8 Å². The molecule has 0 aliphatic carbocycles. The van der Waals surface area contributed by atoms with E-state index in [0.717, 1.165) is 22.3 Å². The number of nitrogens with one attached hydrogen (secondary N) is 1. The SMILES string of the molecule is CCOCC(O)COc1c(Br)cccc1CNC(C)C. The topological polar surface area (TPSA) is 50.7 Å². The van der Waals surface area contributed by atoms with Gasteiger partial charge in [-0.3, -0.25) is 0 Å². The van der Waals surface area contributed by atoms with Gasteiger partial charge >= 0.3 is 0 Å². The summed E-state index contributed by atoms with van der Waals surface area (Å²) in [5.74, 6) is 0.774. The third-order valence-electron chi connectivity index (χ3n) is 2.68. The molecule has 2 N–H and O–H groups in total. The smallest absolute Gasteiger partial charge is 0.138 e. The molecule has 0 amide bonds. The maximum Gasteiger partial charge on any atom is 0.138 e. The minimum atomic E-state index is -0.618. The van der Waals surface area contributed by atoms with Crippen LogP contribution in [0.4, 0.5) is 0 Å². The molecule has 0 radical (unpaired) electrons. The van der Waals surface area contributed by atoms with Gasteiger partial charge in [-0.2, -0.15) is 0 Å². The minimum Gasteiger partial charge on any atom is -0.489 e. The van der Waals surface area contributed by atoms with Crippen LogP contribution in [0.1, 0.15) is 26.3 Å². The van der Waals surface area contributed by atoms with Crippen LogP contribution in [0.3, 0.4) is 0 Å². The first-order valence-electron chi connectivity index (χ1n) is 6.94. The predicted molar refractivity (Wildman–Crippen MR) is 84.1 cm³/mol. The van der Waals surface area contributed by atoms with Crippen molar-refractivity contribution >= 4 is 15.9 Å². The lowest BCUT2D eigenvalue weighted by atomic mass is 10.2. The van der Waals surface area contributed by atoms with Crippen LogP contribution in [0.25, 0.3) is 0 Å². The molecule has 1 rings (SSSR count). The second-order valence-electron chi connectivity index (χ2n) is 4.89. The fourth-order valence-corrected chi connectivity index (χ4v) is 2.17. The van der Waals surface area contributed by atoms with Gasteiger partial charge in [-0.15, -0.1) is 0 Å². The molecule has 1 aromatic rings. The third kappa shape index (κ3) is 6.22. The van der Waals surface area contributed by atoms with Gasteiger partial charge in [-0.1, -0.05) is 26.0 Å². The molecular formula is C15H24BrNO3. The molecule has 0 saturated heterocycles. The molecule has 0 saturated carbocycles. The van der Waals surface area contributed by atoms with Crippen LogP contribution in [-0.2, 0) is 11.3 Å². The van der Waals surface area contributed by atoms with E-state index in [-0.39, 0.29) is 6.61 Å².